The summed E-state index contributed by atoms with van der Waals surface area (Å²) in [6.07, 6.45) is 9.17. The monoisotopic (exact) mass is 578 g/mol. The van der Waals surface area contributed by atoms with Crippen molar-refractivity contribution in [3.8, 4) is 33.4 Å². The topological polar surface area (TPSA) is 0 Å². The predicted molar refractivity (Wildman–Crippen MR) is 197 cm³/mol. The van der Waals surface area contributed by atoms with Crippen LogP contribution in [-0.2, 0) is 5.41 Å². The van der Waals surface area contributed by atoms with Crippen molar-refractivity contribution in [1.82, 2.24) is 0 Å². The van der Waals surface area contributed by atoms with Crippen LogP contribution in [0.15, 0.2) is 158 Å². The fourth-order valence-corrected chi connectivity index (χ4v) is 7.22. The van der Waals surface area contributed by atoms with Crippen LogP contribution < -0.4 is 0 Å². The van der Waals surface area contributed by atoms with E-state index in [0.717, 1.165) is 23.1 Å². The highest BCUT2D eigenvalue weighted by atomic mass is 14.4. The fraction of sp³-hybridized carbons (Fsp3) is 0.111. The summed E-state index contributed by atoms with van der Waals surface area (Å²) in [6.45, 7) is 15.3. The molecule has 0 amide bonds. The van der Waals surface area contributed by atoms with Crippen LogP contribution in [0.2, 0.25) is 0 Å². The Labute approximate surface area is 267 Å². The Bertz CT molecular complexity index is 2180. The molecule has 45 heavy (non-hydrogen) atoms. The van der Waals surface area contributed by atoms with Gasteiger partial charge >= 0.3 is 0 Å². The van der Waals surface area contributed by atoms with E-state index >= 15 is 0 Å². The van der Waals surface area contributed by atoms with E-state index in [1.165, 1.54) is 66.1 Å². The highest BCUT2D eigenvalue weighted by molar-refractivity contribution is 6.22. The van der Waals surface area contributed by atoms with Crippen LogP contribution >= 0.6 is 0 Å². The highest BCUT2D eigenvalue weighted by Crippen LogP contribution is 2.51. The van der Waals surface area contributed by atoms with E-state index in [0.29, 0.717) is 0 Å². The summed E-state index contributed by atoms with van der Waals surface area (Å²) in [5, 5.41) is 5.02. The largest absolute Gasteiger partial charge is 0.0955 e. The molecule has 0 saturated heterocycles. The van der Waals surface area contributed by atoms with Crippen molar-refractivity contribution in [3.05, 3.63) is 175 Å². The molecule has 1 aliphatic rings. The fourth-order valence-electron chi connectivity index (χ4n) is 7.22. The summed E-state index contributed by atoms with van der Waals surface area (Å²) >= 11 is 0. The molecule has 0 spiro atoms. The van der Waals surface area contributed by atoms with Crippen molar-refractivity contribution >= 4 is 27.1 Å². The second kappa shape index (κ2) is 11.4. The van der Waals surface area contributed by atoms with Crippen LogP contribution in [-0.4, -0.2) is 0 Å². The minimum absolute atomic E-state index is 0.0625. The molecule has 6 aromatic carbocycles. The second-order valence-corrected chi connectivity index (χ2v) is 12.6. The van der Waals surface area contributed by atoms with Crippen LogP contribution in [0.25, 0.3) is 60.5 Å². The summed E-state index contributed by atoms with van der Waals surface area (Å²) in [4.78, 5) is 0. The molecule has 1 aliphatic carbocycles. The Balaban J connectivity index is 1.47. The van der Waals surface area contributed by atoms with E-state index in [4.69, 9.17) is 0 Å². The zero-order valence-corrected chi connectivity index (χ0v) is 26.4. The van der Waals surface area contributed by atoms with Gasteiger partial charge in [0.2, 0.25) is 0 Å². The molecule has 0 atom stereocenters. The number of hydrogen-bond acceptors (Lipinski definition) is 0. The molecule has 0 fully saturated rings. The van der Waals surface area contributed by atoms with Gasteiger partial charge in [-0.05, 0) is 103 Å². The number of hydrogen-bond donors (Lipinski definition) is 0. The highest BCUT2D eigenvalue weighted by Gasteiger charge is 2.35. The van der Waals surface area contributed by atoms with Crippen LogP contribution in [0, 0.1) is 0 Å². The van der Waals surface area contributed by atoms with Crippen molar-refractivity contribution in [3.63, 3.8) is 0 Å². The van der Waals surface area contributed by atoms with Crippen LogP contribution in [0.1, 0.15) is 43.9 Å². The van der Waals surface area contributed by atoms with E-state index in [1.54, 1.807) is 0 Å². The molecule has 0 unspecified atom stereocenters. The van der Waals surface area contributed by atoms with Crippen molar-refractivity contribution in [2.24, 2.45) is 0 Å². The van der Waals surface area contributed by atoms with Crippen LogP contribution in [0.4, 0.5) is 0 Å². The van der Waals surface area contributed by atoms with Crippen LogP contribution in [0.5, 0.6) is 0 Å². The zero-order chi connectivity index (χ0) is 31.1. The Morgan fingerprint density at radius 2 is 1.24 bits per heavy atom. The van der Waals surface area contributed by atoms with Crippen molar-refractivity contribution in [1.29, 1.82) is 0 Å². The lowest BCUT2D eigenvalue weighted by Gasteiger charge is -2.23. The SMILES string of the molecule is C=C(/C=C\C)C/C=C\C(=C)c1ccc2c(-c3ccc4c(c3)C(C)(C)c3ccccc3-4)c3ccccc3c(-c3ccccc3)c2c1. The molecule has 7 rings (SSSR count). The van der Waals surface area contributed by atoms with Gasteiger partial charge in [-0.3, -0.25) is 0 Å². The lowest BCUT2D eigenvalue weighted by Crippen LogP contribution is -2.14. The standard InChI is InChI=1S/C45H38/c1-6-15-30(2)16-14-17-31(3)33-24-27-39-40(28-33)43(32-18-8-7-9-19-32)37-21-10-11-22-38(37)44(39)34-25-26-36-35-20-12-13-23-41(35)45(4,5)42(36)29-34/h6-15,17-29H,2-3,16H2,1,4-5H3/b15-6-,17-14-. The van der Waals surface area contributed by atoms with Crippen molar-refractivity contribution < 1.29 is 0 Å². The van der Waals surface area contributed by atoms with Crippen molar-refractivity contribution in [2.45, 2.75) is 32.6 Å². The Morgan fingerprint density at radius 3 is 2.00 bits per heavy atom. The molecular formula is C45H38. The van der Waals surface area contributed by atoms with Gasteiger partial charge in [-0.2, -0.15) is 0 Å². The smallest absolute Gasteiger partial charge is 0.0159 e. The first kappa shape index (κ1) is 28.6. The molecule has 0 aromatic heterocycles. The third-order valence-corrected chi connectivity index (χ3v) is 9.43. The van der Waals surface area contributed by atoms with Crippen LogP contribution in [0.3, 0.4) is 0 Å². The molecule has 0 nitrogen and oxygen atoms in total. The summed E-state index contributed by atoms with van der Waals surface area (Å²) in [5.41, 5.74) is 13.6. The van der Waals surface area contributed by atoms with Gasteiger partial charge in [-0.25, -0.2) is 0 Å². The second-order valence-electron chi connectivity index (χ2n) is 12.6. The van der Waals surface area contributed by atoms with Gasteiger partial charge in [0.25, 0.3) is 0 Å². The maximum atomic E-state index is 4.46. The molecule has 0 heterocycles. The number of fused-ring (bicyclic) bond motifs is 5. The minimum Gasteiger partial charge on any atom is -0.0955 e. The average Bonchev–Trinajstić information content (AvgIpc) is 3.29. The maximum absolute atomic E-state index is 4.46. The molecule has 0 saturated carbocycles. The molecule has 0 aliphatic heterocycles. The molecular weight excluding hydrogens is 540 g/mol. The van der Waals surface area contributed by atoms with Gasteiger partial charge in [-0.1, -0.05) is 160 Å². The lowest BCUT2D eigenvalue weighted by molar-refractivity contribution is 0.660. The van der Waals surface area contributed by atoms with Gasteiger partial charge in [0.05, 0.1) is 0 Å². The summed E-state index contributed by atoms with van der Waals surface area (Å²) in [5.74, 6) is 0. The van der Waals surface area contributed by atoms with Gasteiger partial charge < -0.3 is 0 Å². The number of allylic oxidation sites excluding steroid dienone is 6. The summed E-state index contributed by atoms with van der Waals surface area (Å²) < 4.78 is 0. The third kappa shape index (κ3) is 4.88. The average molecular weight is 579 g/mol. The predicted octanol–water partition coefficient (Wildman–Crippen LogP) is 12.7. The molecule has 0 N–H and O–H groups in total. The zero-order valence-electron chi connectivity index (χ0n) is 26.4. The molecule has 0 bridgehead atoms. The van der Waals surface area contributed by atoms with Gasteiger partial charge in [0.1, 0.15) is 0 Å². The van der Waals surface area contributed by atoms with Gasteiger partial charge in [-0.15, -0.1) is 0 Å². The first-order valence-electron chi connectivity index (χ1n) is 15.8. The van der Waals surface area contributed by atoms with E-state index in [1.807, 2.05) is 13.0 Å². The van der Waals surface area contributed by atoms with E-state index in [9.17, 15) is 0 Å². The first-order chi connectivity index (χ1) is 21.9. The van der Waals surface area contributed by atoms with E-state index in [2.05, 4.69) is 160 Å². The summed E-state index contributed by atoms with van der Waals surface area (Å²) in [7, 11) is 0. The normalized spacial score (nSPS) is 13.5. The number of rotatable bonds is 7. The third-order valence-electron chi connectivity index (χ3n) is 9.43. The molecule has 0 radical (unpaired) electrons. The Morgan fingerprint density at radius 1 is 0.600 bits per heavy atom. The van der Waals surface area contributed by atoms with Gasteiger partial charge in [0, 0.05) is 5.41 Å². The first-order valence-corrected chi connectivity index (χ1v) is 15.8. The maximum Gasteiger partial charge on any atom is 0.0159 e. The minimum atomic E-state index is -0.0625. The number of benzene rings is 6. The van der Waals surface area contributed by atoms with E-state index < -0.39 is 0 Å². The summed E-state index contributed by atoms with van der Waals surface area (Å²) in [6, 6.07) is 42.6. The van der Waals surface area contributed by atoms with Gasteiger partial charge in [0.15, 0.2) is 0 Å². The van der Waals surface area contributed by atoms with E-state index in [-0.39, 0.29) is 5.41 Å². The Kier molecular flexibility index (Phi) is 7.22. The molecule has 0 heteroatoms. The molecule has 218 valence electrons. The van der Waals surface area contributed by atoms with Crippen molar-refractivity contribution in [2.75, 3.05) is 0 Å². The Hall–Kier alpha value is -5.20. The molecule has 6 aromatic rings. The quantitative estimate of drug-likeness (QED) is 0.131. The lowest BCUT2D eigenvalue weighted by atomic mass is 9.80.